The highest BCUT2D eigenvalue weighted by Crippen LogP contribution is 2.18. The summed E-state index contributed by atoms with van der Waals surface area (Å²) in [5.41, 5.74) is 0. The predicted octanol–water partition coefficient (Wildman–Crippen LogP) is 6.29. The lowest BCUT2D eigenvalue weighted by atomic mass is 9.98. The van der Waals surface area contributed by atoms with E-state index in [4.69, 9.17) is 16.3 Å². The van der Waals surface area contributed by atoms with Gasteiger partial charge < -0.3 is 10.1 Å². The zero-order valence-corrected chi connectivity index (χ0v) is 16.7. The fraction of sp³-hybridized carbons (Fsp3) is 0.682. The van der Waals surface area contributed by atoms with E-state index in [1.165, 1.54) is 57.8 Å². The Bertz CT molecular complexity index is 491. The standard InChI is InChI=1S/C22H34ClNO2/c23-19-14-16-21(17-15-19)26-18-10-13-22(25)24-20-11-8-6-4-2-1-3-5-7-9-12-20/h14-17,20H,1-13,18H2,(H,24,25). The molecule has 1 aromatic rings. The largest absolute Gasteiger partial charge is 0.494 e. The minimum atomic E-state index is 0.168. The number of carbonyl (C=O) groups is 1. The first-order chi connectivity index (χ1) is 12.7. The molecule has 0 spiro atoms. The molecular formula is C22H34ClNO2. The number of halogens is 1. The maximum absolute atomic E-state index is 12.3. The molecule has 146 valence electrons. The second-order valence-corrected chi connectivity index (χ2v) is 7.87. The van der Waals surface area contributed by atoms with Crippen molar-refractivity contribution in [1.29, 1.82) is 0 Å². The Morgan fingerprint density at radius 2 is 1.46 bits per heavy atom. The molecule has 1 aromatic carbocycles. The van der Waals surface area contributed by atoms with Crippen molar-refractivity contribution in [1.82, 2.24) is 5.32 Å². The van der Waals surface area contributed by atoms with Gasteiger partial charge in [-0.3, -0.25) is 4.79 Å². The van der Waals surface area contributed by atoms with Crippen molar-refractivity contribution in [3.8, 4) is 5.75 Å². The molecule has 1 fully saturated rings. The summed E-state index contributed by atoms with van der Waals surface area (Å²) < 4.78 is 5.66. The zero-order chi connectivity index (χ0) is 18.5. The summed E-state index contributed by atoms with van der Waals surface area (Å²) in [7, 11) is 0. The van der Waals surface area contributed by atoms with Gasteiger partial charge >= 0.3 is 0 Å². The molecule has 2 rings (SSSR count). The first-order valence-corrected chi connectivity index (χ1v) is 10.8. The number of carbonyl (C=O) groups excluding carboxylic acids is 1. The van der Waals surface area contributed by atoms with Gasteiger partial charge in [-0.25, -0.2) is 0 Å². The molecule has 0 radical (unpaired) electrons. The first-order valence-electron chi connectivity index (χ1n) is 10.4. The number of hydrogen-bond acceptors (Lipinski definition) is 2. The minimum absolute atomic E-state index is 0.168. The lowest BCUT2D eigenvalue weighted by Crippen LogP contribution is -2.35. The number of hydrogen-bond donors (Lipinski definition) is 1. The smallest absolute Gasteiger partial charge is 0.220 e. The summed E-state index contributed by atoms with van der Waals surface area (Å²) in [6, 6.07) is 7.69. The van der Waals surface area contributed by atoms with Gasteiger partial charge in [0.15, 0.2) is 0 Å². The fourth-order valence-corrected chi connectivity index (χ4v) is 3.69. The van der Waals surface area contributed by atoms with E-state index >= 15 is 0 Å². The third kappa shape index (κ3) is 9.47. The third-order valence-electron chi connectivity index (χ3n) is 5.10. The average Bonchev–Trinajstić information content (AvgIpc) is 2.62. The zero-order valence-electron chi connectivity index (χ0n) is 16.0. The van der Waals surface area contributed by atoms with E-state index < -0.39 is 0 Å². The monoisotopic (exact) mass is 379 g/mol. The van der Waals surface area contributed by atoms with E-state index in [1.54, 1.807) is 0 Å². The van der Waals surface area contributed by atoms with Crippen LogP contribution in [0.5, 0.6) is 5.75 Å². The van der Waals surface area contributed by atoms with Crippen LogP contribution in [-0.4, -0.2) is 18.6 Å². The Kier molecular flexibility index (Phi) is 10.6. The Morgan fingerprint density at radius 1 is 0.923 bits per heavy atom. The van der Waals surface area contributed by atoms with Crippen molar-refractivity contribution in [3.63, 3.8) is 0 Å². The van der Waals surface area contributed by atoms with Crippen LogP contribution in [0.4, 0.5) is 0 Å². The van der Waals surface area contributed by atoms with E-state index in [-0.39, 0.29) is 5.91 Å². The molecular weight excluding hydrogens is 346 g/mol. The van der Waals surface area contributed by atoms with Gasteiger partial charge in [-0.05, 0) is 43.5 Å². The normalized spacial score (nSPS) is 17.7. The Hall–Kier alpha value is -1.22. The number of benzene rings is 1. The fourth-order valence-electron chi connectivity index (χ4n) is 3.56. The number of nitrogens with one attached hydrogen (secondary N) is 1. The highest BCUT2D eigenvalue weighted by Gasteiger charge is 2.12. The van der Waals surface area contributed by atoms with E-state index in [2.05, 4.69) is 5.32 Å². The Labute approximate surface area is 163 Å². The summed E-state index contributed by atoms with van der Waals surface area (Å²) in [6.45, 7) is 0.555. The lowest BCUT2D eigenvalue weighted by Gasteiger charge is -2.19. The first kappa shape index (κ1) is 21.1. The summed E-state index contributed by atoms with van der Waals surface area (Å²) in [5, 5.41) is 3.97. The number of amides is 1. The van der Waals surface area contributed by atoms with Gasteiger partial charge in [-0.15, -0.1) is 0 Å². The number of ether oxygens (including phenoxy) is 1. The molecule has 1 aliphatic rings. The summed E-state index contributed by atoms with van der Waals surface area (Å²) in [4.78, 5) is 12.3. The van der Waals surface area contributed by atoms with Crippen molar-refractivity contribution < 1.29 is 9.53 Å². The van der Waals surface area contributed by atoms with Crippen LogP contribution in [0.3, 0.4) is 0 Å². The van der Waals surface area contributed by atoms with E-state index in [9.17, 15) is 4.79 Å². The van der Waals surface area contributed by atoms with Crippen LogP contribution in [0, 0.1) is 0 Å². The maximum atomic E-state index is 12.3. The molecule has 1 saturated carbocycles. The highest BCUT2D eigenvalue weighted by molar-refractivity contribution is 6.30. The summed E-state index contributed by atoms with van der Waals surface area (Å²) in [6.07, 6.45) is 15.5. The van der Waals surface area contributed by atoms with Gasteiger partial charge in [-0.2, -0.15) is 0 Å². The molecule has 0 aliphatic heterocycles. The molecule has 0 atom stereocenters. The van der Waals surface area contributed by atoms with Gasteiger partial charge in [-0.1, -0.05) is 69.4 Å². The van der Waals surface area contributed by atoms with Crippen molar-refractivity contribution in [3.05, 3.63) is 29.3 Å². The highest BCUT2D eigenvalue weighted by atomic mass is 35.5. The molecule has 0 aromatic heterocycles. The maximum Gasteiger partial charge on any atom is 0.220 e. The average molecular weight is 380 g/mol. The molecule has 0 bridgehead atoms. The van der Waals surface area contributed by atoms with Gasteiger partial charge in [0.25, 0.3) is 0 Å². The SMILES string of the molecule is O=C(CCCOc1ccc(Cl)cc1)NC1CCCCCCCCCCC1. The van der Waals surface area contributed by atoms with E-state index in [1.807, 2.05) is 24.3 Å². The molecule has 26 heavy (non-hydrogen) atoms. The molecule has 0 unspecified atom stereocenters. The van der Waals surface area contributed by atoms with Gasteiger partial charge in [0.1, 0.15) is 5.75 Å². The summed E-state index contributed by atoms with van der Waals surface area (Å²) in [5.74, 6) is 0.968. The number of rotatable bonds is 6. The second kappa shape index (κ2) is 13.0. The molecule has 3 nitrogen and oxygen atoms in total. The van der Waals surface area contributed by atoms with E-state index in [0.29, 0.717) is 24.1 Å². The van der Waals surface area contributed by atoms with Crippen LogP contribution < -0.4 is 10.1 Å². The quantitative estimate of drug-likeness (QED) is 0.590. The van der Waals surface area contributed by atoms with Crippen LogP contribution in [-0.2, 0) is 4.79 Å². The van der Waals surface area contributed by atoms with Gasteiger partial charge in [0.05, 0.1) is 6.61 Å². The molecule has 0 heterocycles. The summed E-state index contributed by atoms with van der Waals surface area (Å²) >= 11 is 5.86. The molecule has 1 amide bonds. The molecule has 4 heteroatoms. The van der Waals surface area contributed by atoms with Gasteiger partial charge in [0.2, 0.25) is 5.91 Å². The molecule has 1 N–H and O–H groups in total. The lowest BCUT2D eigenvalue weighted by molar-refractivity contribution is -0.122. The molecule has 0 saturated heterocycles. The van der Waals surface area contributed by atoms with E-state index in [0.717, 1.165) is 25.0 Å². The Morgan fingerprint density at radius 3 is 2.04 bits per heavy atom. The third-order valence-corrected chi connectivity index (χ3v) is 5.35. The van der Waals surface area contributed by atoms with Crippen LogP contribution in [0.1, 0.15) is 83.5 Å². The Balaban J connectivity index is 1.62. The minimum Gasteiger partial charge on any atom is -0.494 e. The molecule has 1 aliphatic carbocycles. The van der Waals surface area contributed by atoms with Gasteiger partial charge in [0, 0.05) is 17.5 Å². The van der Waals surface area contributed by atoms with Crippen molar-refractivity contribution in [2.24, 2.45) is 0 Å². The topological polar surface area (TPSA) is 38.3 Å². The van der Waals surface area contributed by atoms with Crippen LogP contribution in [0.2, 0.25) is 5.02 Å². The predicted molar refractivity (Wildman–Crippen MR) is 109 cm³/mol. The second-order valence-electron chi connectivity index (χ2n) is 7.43. The van der Waals surface area contributed by atoms with Crippen LogP contribution >= 0.6 is 11.6 Å². The van der Waals surface area contributed by atoms with Crippen molar-refractivity contribution in [2.45, 2.75) is 89.5 Å². The van der Waals surface area contributed by atoms with Crippen LogP contribution in [0.15, 0.2) is 24.3 Å². The van der Waals surface area contributed by atoms with Crippen molar-refractivity contribution >= 4 is 17.5 Å². The van der Waals surface area contributed by atoms with Crippen LogP contribution in [0.25, 0.3) is 0 Å². The van der Waals surface area contributed by atoms with Crippen molar-refractivity contribution in [2.75, 3.05) is 6.61 Å².